The highest BCUT2D eigenvalue weighted by molar-refractivity contribution is 5.19. The number of aliphatic hydroxyl groups excluding tert-OH is 1. The maximum atomic E-state index is 12.9. The standard InChI is InChI=1S/C12H18FNO/c1-12(2,3)14-8-11(15)9-5-4-6-10(13)7-9/h4-7,11,14-15H,8H2,1-3H3/t11-/m1/s1. The molecule has 0 radical (unpaired) electrons. The Labute approximate surface area is 90.1 Å². The number of aliphatic hydroxyl groups is 1. The normalized spacial score (nSPS) is 13.9. The van der Waals surface area contributed by atoms with Gasteiger partial charge in [-0.15, -0.1) is 0 Å². The molecule has 84 valence electrons. The Balaban J connectivity index is 2.58. The first-order valence-corrected chi connectivity index (χ1v) is 5.07. The molecule has 0 bridgehead atoms. The van der Waals surface area contributed by atoms with E-state index in [9.17, 15) is 9.50 Å². The highest BCUT2D eigenvalue weighted by atomic mass is 19.1. The van der Waals surface area contributed by atoms with Gasteiger partial charge in [-0.1, -0.05) is 12.1 Å². The molecule has 1 atom stereocenters. The lowest BCUT2D eigenvalue weighted by atomic mass is 10.1. The zero-order valence-corrected chi connectivity index (χ0v) is 9.42. The van der Waals surface area contributed by atoms with Gasteiger partial charge < -0.3 is 10.4 Å². The molecule has 1 rings (SSSR count). The molecule has 15 heavy (non-hydrogen) atoms. The summed E-state index contributed by atoms with van der Waals surface area (Å²) < 4.78 is 12.9. The Bertz CT molecular complexity index is 320. The van der Waals surface area contributed by atoms with E-state index in [2.05, 4.69) is 5.32 Å². The third-order valence-corrected chi connectivity index (χ3v) is 2.06. The van der Waals surface area contributed by atoms with E-state index in [1.165, 1.54) is 12.1 Å². The molecule has 1 aromatic rings. The number of nitrogens with one attached hydrogen (secondary N) is 1. The predicted molar refractivity (Wildman–Crippen MR) is 59.1 cm³/mol. The molecule has 0 aliphatic rings. The van der Waals surface area contributed by atoms with Gasteiger partial charge in [0.25, 0.3) is 0 Å². The highest BCUT2D eigenvalue weighted by Crippen LogP contribution is 2.14. The molecule has 0 fully saturated rings. The Hall–Kier alpha value is -0.930. The van der Waals surface area contributed by atoms with Crippen LogP contribution in [0.2, 0.25) is 0 Å². The molecule has 3 heteroatoms. The van der Waals surface area contributed by atoms with Crippen LogP contribution in [0.3, 0.4) is 0 Å². The van der Waals surface area contributed by atoms with E-state index in [1.54, 1.807) is 12.1 Å². The summed E-state index contributed by atoms with van der Waals surface area (Å²) >= 11 is 0. The first-order chi connectivity index (χ1) is 6.88. The summed E-state index contributed by atoms with van der Waals surface area (Å²) in [6.07, 6.45) is -0.667. The van der Waals surface area contributed by atoms with Crippen molar-refractivity contribution < 1.29 is 9.50 Å². The number of hydrogen-bond acceptors (Lipinski definition) is 2. The lowest BCUT2D eigenvalue weighted by Gasteiger charge is -2.23. The number of benzene rings is 1. The Morgan fingerprint density at radius 1 is 1.40 bits per heavy atom. The van der Waals surface area contributed by atoms with E-state index in [-0.39, 0.29) is 11.4 Å². The van der Waals surface area contributed by atoms with E-state index in [0.717, 1.165) is 0 Å². The van der Waals surface area contributed by atoms with Crippen LogP contribution in [-0.2, 0) is 0 Å². The third kappa shape index (κ3) is 4.40. The average Bonchev–Trinajstić information content (AvgIpc) is 2.13. The smallest absolute Gasteiger partial charge is 0.123 e. The fourth-order valence-electron chi connectivity index (χ4n) is 1.23. The molecule has 0 aliphatic carbocycles. The predicted octanol–water partition coefficient (Wildman–Crippen LogP) is 2.25. The van der Waals surface area contributed by atoms with Gasteiger partial charge in [0.05, 0.1) is 6.10 Å². The molecule has 2 nitrogen and oxygen atoms in total. The largest absolute Gasteiger partial charge is 0.387 e. The van der Waals surface area contributed by atoms with Gasteiger partial charge in [0, 0.05) is 12.1 Å². The fourth-order valence-corrected chi connectivity index (χ4v) is 1.23. The van der Waals surface area contributed by atoms with Crippen molar-refractivity contribution in [2.24, 2.45) is 0 Å². The van der Waals surface area contributed by atoms with E-state index >= 15 is 0 Å². The molecular formula is C12H18FNO. The molecular weight excluding hydrogens is 193 g/mol. The van der Waals surface area contributed by atoms with Gasteiger partial charge in [-0.3, -0.25) is 0 Å². The zero-order valence-electron chi connectivity index (χ0n) is 9.42. The summed E-state index contributed by atoms with van der Waals surface area (Å²) in [4.78, 5) is 0. The summed E-state index contributed by atoms with van der Waals surface area (Å²) in [5.74, 6) is -0.317. The third-order valence-electron chi connectivity index (χ3n) is 2.06. The number of halogens is 1. The Kier molecular flexibility index (Phi) is 3.83. The second kappa shape index (κ2) is 4.73. The van der Waals surface area contributed by atoms with Gasteiger partial charge in [0.15, 0.2) is 0 Å². The minimum absolute atomic E-state index is 0.0473. The van der Waals surface area contributed by atoms with E-state index in [1.807, 2.05) is 20.8 Å². The van der Waals surface area contributed by atoms with Crippen LogP contribution >= 0.6 is 0 Å². The van der Waals surface area contributed by atoms with Crippen LogP contribution in [0.25, 0.3) is 0 Å². The maximum Gasteiger partial charge on any atom is 0.123 e. The van der Waals surface area contributed by atoms with Gasteiger partial charge in [-0.05, 0) is 38.5 Å². The van der Waals surface area contributed by atoms with Crippen molar-refractivity contribution in [2.45, 2.75) is 32.4 Å². The fraction of sp³-hybridized carbons (Fsp3) is 0.500. The van der Waals surface area contributed by atoms with Crippen molar-refractivity contribution in [1.82, 2.24) is 5.32 Å². The van der Waals surface area contributed by atoms with E-state index < -0.39 is 6.10 Å². The summed E-state index contributed by atoms with van der Waals surface area (Å²) in [5.41, 5.74) is 0.556. The van der Waals surface area contributed by atoms with E-state index in [4.69, 9.17) is 0 Å². The van der Waals surface area contributed by atoms with E-state index in [0.29, 0.717) is 12.1 Å². The number of hydrogen-bond donors (Lipinski definition) is 2. The van der Waals surface area contributed by atoms with Crippen LogP contribution in [-0.4, -0.2) is 17.2 Å². The monoisotopic (exact) mass is 211 g/mol. The average molecular weight is 211 g/mol. The number of β-amino-alcohol motifs (C(OH)–C–C–N with tert-alkyl or cyclic N) is 1. The van der Waals surface area contributed by atoms with Crippen molar-refractivity contribution in [3.63, 3.8) is 0 Å². The minimum Gasteiger partial charge on any atom is -0.387 e. The van der Waals surface area contributed by atoms with Gasteiger partial charge in [-0.25, -0.2) is 4.39 Å². The summed E-state index contributed by atoms with van der Waals surface area (Å²) in [7, 11) is 0. The van der Waals surface area contributed by atoms with Crippen molar-refractivity contribution in [1.29, 1.82) is 0 Å². The topological polar surface area (TPSA) is 32.3 Å². The van der Waals surface area contributed by atoms with Crippen LogP contribution in [0.15, 0.2) is 24.3 Å². The van der Waals surface area contributed by atoms with Crippen LogP contribution in [0.5, 0.6) is 0 Å². The quantitative estimate of drug-likeness (QED) is 0.803. The molecule has 0 unspecified atom stereocenters. The maximum absolute atomic E-state index is 12.9. The minimum atomic E-state index is -0.667. The molecule has 0 heterocycles. The van der Waals surface area contributed by atoms with Gasteiger partial charge in [0.1, 0.15) is 5.82 Å². The van der Waals surface area contributed by atoms with Gasteiger partial charge >= 0.3 is 0 Å². The molecule has 0 saturated heterocycles. The van der Waals surface area contributed by atoms with Crippen molar-refractivity contribution in [2.75, 3.05) is 6.54 Å². The second-order valence-corrected chi connectivity index (χ2v) is 4.70. The molecule has 0 aromatic heterocycles. The molecule has 0 saturated carbocycles. The SMILES string of the molecule is CC(C)(C)NC[C@@H](O)c1cccc(F)c1. The lowest BCUT2D eigenvalue weighted by molar-refractivity contribution is 0.163. The van der Waals surface area contributed by atoms with Crippen LogP contribution in [0.4, 0.5) is 4.39 Å². The molecule has 2 N–H and O–H groups in total. The first-order valence-electron chi connectivity index (χ1n) is 5.07. The van der Waals surface area contributed by atoms with Crippen molar-refractivity contribution >= 4 is 0 Å². The van der Waals surface area contributed by atoms with Crippen LogP contribution in [0, 0.1) is 5.82 Å². The molecule has 1 aromatic carbocycles. The summed E-state index contributed by atoms with van der Waals surface area (Å²) in [6, 6.07) is 6.05. The lowest BCUT2D eigenvalue weighted by Crippen LogP contribution is -2.38. The Morgan fingerprint density at radius 3 is 2.60 bits per heavy atom. The molecule has 0 amide bonds. The van der Waals surface area contributed by atoms with Crippen molar-refractivity contribution in [3.05, 3.63) is 35.6 Å². The number of rotatable bonds is 3. The van der Waals surface area contributed by atoms with Crippen LogP contribution < -0.4 is 5.32 Å². The van der Waals surface area contributed by atoms with Gasteiger partial charge in [-0.2, -0.15) is 0 Å². The van der Waals surface area contributed by atoms with Gasteiger partial charge in [0.2, 0.25) is 0 Å². The zero-order chi connectivity index (χ0) is 11.5. The second-order valence-electron chi connectivity index (χ2n) is 4.70. The Morgan fingerprint density at radius 2 is 2.07 bits per heavy atom. The van der Waals surface area contributed by atoms with Crippen molar-refractivity contribution in [3.8, 4) is 0 Å². The first kappa shape index (κ1) is 12.1. The molecule has 0 aliphatic heterocycles. The van der Waals surface area contributed by atoms with Crippen LogP contribution in [0.1, 0.15) is 32.4 Å². The summed E-state index contributed by atoms with van der Waals surface area (Å²) in [6.45, 7) is 6.48. The highest BCUT2D eigenvalue weighted by Gasteiger charge is 2.13. The summed E-state index contributed by atoms with van der Waals surface area (Å²) in [5, 5.41) is 12.9. The molecule has 0 spiro atoms.